The maximum absolute atomic E-state index is 5.61. The fourth-order valence-electron chi connectivity index (χ4n) is 0.681. The van der Waals surface area contributed by atoms with Crippen LogP contribution >= 0.6 is 8.38 Å². The quantitative estimate of drug-likeness (QED) is 0.599. The molecule has 0 aromatic heterocycles. The second-order valence-electron chi connectivity index (χ2n) is 3.09. The van der Waals surface area contributed by atoms with Crippen molar-refractivity contribution in [3.63, 3.8) is 0 Å². The summed E-state index contributed by atoms with van der Waals surface area (Å²) in [4.78, 5) is 0. The number of rotatable bonds is 6. The molecule has 0 aliphatic carbocycles. The third kappa shape index (κ3) is 5.93. The van der Waals surface area contributed by atoms with Crippen molar-refractivity contribution in [3.05, 3.63) is 0 Å². The summed E-state index contributed by atoms with van der Waals surface area (Å²) in [5, 5.41) is 0. The van der Waals surface area contributed by atoms with Crippen molar-refractivity contribution in [1.29, 1.82) is 0 Å². The molecule has 0 bridgehead atoms. The van der Waals surface area contributed by atoms with Gasteiger partial charge in [0, 0.05) is 6.66 Å². The van der Waals surface area contributed by atoms with Crippen LogP contribution in [0.4, 0.5) is 0 Å². The first-order chi connectivity index (χ1) is 5.60. The molecule has 0 saturated heterocycles. The minimum absolute atomic E-state index is 0.324. The van der Waals surface area contributed by atoms with E-state index < -0.39 is 8.38 Å². The van der Waals surface area contributed by atoms with Crippen LogP contribution in [-0.4, -0.2) is 18.9 Å². The number of hydrogen-bond donors (Lipinski definition) is 0. The zero-order valence-electron chi connectivity index (χ0n) is 8.83. The number of hydrogen-bond acceptors (Lipinski definition) is 2. The van der Waals surface area contributed by atoms with E-state index in [4.69, 9.17) is 9.05 Å². The molecular weight excluding hydrogens is 171 g/mol. The normalized spacial score (nSPS) is 18.8. The average molecular weight is 192 g/mol. The molecule has 2 nitrogen and oxygen atoms in total. The fourth-order valence-corrected chi connectivity index (χ4v) is 2.04. The van der Waals surface area contributed by atoms with Crippen LogP contribution in [0.2, 0.25) is 0 Å². The summed E-state index contributed by atoms with van der Waals surface area (Å²) in [6.45, 7) is 10.4. The van der Waals surface area contributed by atoms with Gasteiger partial charge in [-0.2, -0.15) is 0 Å². The van der Waals surface area contributed by atoms with Crippen molar-refractivity contribution < 1.29 is 9.05 Å². The maximum atomic E-state index is 5.61. The molecule has 0 radical (unpaired) electrons. The molecule has 0 N–H and O–H groups in total. The lowest BCUT2D eigenvalue weighted by molar-refractivity contribution is 0.158. The van der Waals surface area contributed by atoms with Crippen LogP contribution in [0.15, 0.2) is 0 Å². The Labute approximate surface area is 77.6 Å². The van der Waals surface area contributed by atoms with E-state index >= 15 is 0 Å². The molecule has 0 aliphatic rings. The highest BCUT2D eigenvalue weighted by Gasteiger charge is 2.10. The van der Waals surface area contributed by atoms with Gasteiger partial charge in [0.05, 0.1) is 12.2 Å². The predicted molar refractivity (Wildman–Crippen MR) is 54.5 cm³/mol. The Morgan fingerprint density at radius 2 is 1.33 bits per heavy atom. The lowest BCUT2D eigenvalue weighted by Crippen LogP contribution is -2.07. The van der Waals surface area contributed by atoms with Crippen molar-refractivity contribution >= 4 is 8.38 Å². The van der Waals surface area contributed by atoms with Crippen LogP contribution in [0.3, 0.4) is 0 Å². The first kappa shape index (κ1) is 12.3. The van der Waals surface area contributed by atoms with Gasteiger partial charge >= 0.3 is 0 Å². The highest BCUT2D eigenvalue weighted by Crippen LogP contribution is 2.37. The summed E-state index contributed by atoms with van der Waals surface area (Å²) >= 11 is 0. The molecule has 0 aromatic carbocycles. The summed E-state index contributed by atoms with van der Waals surface area (Å²) in [6.07, 6.45) is 2.75. The molecular formula is C9H21O2P. The summed E-state index contributed by atoms with van der Waals surface area (Å²) in [7, 11) is -0.671. The van der Waals surface area contributed by atoms with Gasteiger partial charge < -0.3 is 9.05 Å². The first-order valence-corrected chi connectivity index (χ1v) is 6.29. The molecule has 0 fully saturated rings. The van der Waals surface area contributed by atoms with Crippen LogP contribution in [0.5, 0.6) is 0 Å². The predicted octanol–water partition coefficient (Wildman–Crippen LogP) is 3.56. The second-order valence-corrected chi connectivity index (χ2v) is 4.39. The monoisotopic (exact) mass is 192 g/mol. The van der Waals surface area contributed by atoms with Gasteiger partial charge in [-0.25, -0.2) is 0 Å². The largest absolute Gasteiger partial charge is 0.331 e. The van der Waals surface area contributed by atoms with E-state index in [1.165, 1.54) is 0 Å². The van der Waals surface area contributed by atoms with E-state index in [1.54, 1.807) is 0 Å². The molecule has 0 aromatic rings. The summed E-state index contributed by atoms with van der Waals surface area (Å²) in [5.74, 6) is 0. The zero-order chi connectivity index (χ0) is 9.56. The molecule has 0 heterocycles. The smallest absolute Gasteiger partial charge is 0.167 e. The first-order valence-electron chi connectivity index (χ1n) is 4.67. The van der Waals surface area contributed by atoms with Crippen LogP contribution in [0, 0.1) is 0 Å². The molecule has 74 valence electrons. The molecule has 0 aliphatic heterocycles. The SMILES string of the molecule is CCC(C)OP(C)OC(C)CC. The maximum Gasteiger partial charge on any atom is 0.167 e. The second kappa shape index (κ2) is 6.82. The molecule has 0 saturated carbocycles. The van der Waals surface area contributed by atoms with Gasteiger partial charge in [0.2, 0.25) is 0 Å². The van der Waals surface area contributed by atoms with E-state index in [-0.39, 0.29) is 0 Å². The van der Waals surface area contributed by atoms with Gasteiger partial charge in [0.15, 0.2) is 8.38 Å². The Morgan fingerprint density at radius 3 is 1.58 bits per heavy atom. The Bertz CT molecular complexity index is 96.7. The Hall–Kier alpha value is 0.350. The van der Waals surface area contributed by atoms with Crippen molar-refractivity contribution in [2.45, 2.75) is 52.7 Å². The summed E-state index contributed by atoms with van der Waals surface area (Å²) in [6, 6.07) is 0. The minimum Gasteiger partial charge on any atom is -0.331 e. The van der Waals surface area contributed by atoms with Crippen molar-refractivity contribution in [1.82, 2.24) is 0 Å². The fraction of sp³-hybridized carbons (Fsp3) is 1.00. The molecule has 0 rings (SSSR count). The Kier molecular flexibility index (Phi) is 7.02. The van der Waals surface area contributed by atoms with Crippen LogP contribution in [0.1, 0.15) is 40.5 Å². The van der Waals surface area contributed by atoms with Gasteiger partial charge in [-0.15, -0.1) is 0 Å². The van der Waals surface area contributed by atoms with Gasteiger partial charge in [0.1, 0.15) is 0 Å². The van der Waals surface area contributed by atoms with E-state index in [2.05, 4.69) is 27.7 Å². The van der Waals surface area contributed by atoms with E-state index in [0.29, 0.717) is 12.2 Å². The molecule has 0 spiro atoms. The van der Waals surface area contributed by atoms with Gasteiger partial charge in [-0.3, -0.25) is 0 Å². The highest BCUT2D eigenvalue weighted by molar-refractivity contribution is 7.46. The van der Waals surface area contributed by atoms with Gasteiger partial charge in [-0.05, 0) is 26.7 Å². The highest BCUT2D eigenvalue weighted by atomic mass is 31.2. The third-order valence-electron chi connectivity index (χ3n) is 1.81. The Morgan fingerprint density at radius 1 is 1.00 bits per heavy atom. The standard InChI is InChI=1S/C9H21O2P/c1-6-8(3)10-12(5)11-9(4)7-2/h8-9H,6-7H2,1-5H3. The van der Waals surface area contributed by atoms with E-state index in [9.17, 15) is 0 Å². The lowest BCUT2D eigenvalue weighted by atomic mass is 10.3. The van der Waals surface area contributed by atoms with E-state index in [0.717, 1.165) is 12.8 Å². The summed E-state index contributed by atoms with van der Waals surface area (Å²) < 4.78 is 11.2. The van der Waals surface area contributed by atoms with Crippen molar-refractivity contribution in [2.24, 2.45) is 0 Å². The molecule has 3 heteroatoms. The lowest BCUT2D eigenvalue weighted by Gasteiger charge is -2.20. The van der Waals surface area contributed by atoms with Gasteiger partial charge in [-0.1, -0.05) is 13.8 Å². The van der Waals surface area contributed by atoms with Crippen molar-refractivity contribution in [2.75, 3.05) is 6.66 Å². The van der Waals surface area contributed by atoms with E-state index in [1.807, 2.05) is 6.66 Å². The zero-order valence-corrected chi connectivity index (χ0v) is 9.73. The Balaban J connectivity index is 3.51. The minimum atomic E-state index is -0.671. The van der Waals surface area contributed by atoms with Crippen molar-refractivity contribution in [3.8, 4) is 0 Å². The van der Waals surface area contributed by atoms with Crippen LogP contribution in [0.25, 0.3) is 0 Å². The molecule has 0 amide bonds. The summed E-state index contributed by atoms with van der Waals surface area (Å²) in [5.41, 5.74) is 0. The van der Waals surface area contributed by atoms with Gasteiger partial charge in [0.25, 0.3) is 0 Å². The molecule has 2 unspecified atom stereocenters. The van der Waals surface area contributed by atoms with Crippen LogP contribution in [-0.2, 0) is 9.05 Å². The topological polar surface area (TPSA) is 18.5 Å². The average Bonchev–Trinajstić information content (AvgIpc) is 2.03. The third-order valence-corrected chi connectivity index (χ3v) is 3.12. The molecule has 12 heavy (non-hydrogen) atoms. The van der Waals surface area contributed by atoms with Crippen LogP contribution < -0.4 is 0 Å². The molecule has 2 atom stereocenters.